The van der Waals surface area contributed by atoms with Gasteiger partial charge >= 0.3 is 0 Å². The van der Waals surface area contributed by atoms with Crippen molar-refractivity contribution in [1.82, 2.24) is 19.7 Å². The van der Waals surface area contributed by atoms with E-state index in [1.165, 1.54) is 0 Å². The van der Waals surface area contributed by atoms with Gasteiger partial charge in [0.1, 0.15) is 17.3 Å². The maximum atomic E-state index is 12.7. The Morgan fingerprint density at radius 1 is 1.23 bits per heavy atom. The third-order valence-corrected chi connectivity index (χ3v) is 5.35. The van der Waals surface area contributed by atoms with Crippen molar-refractivity contribution in [3.05, 3.63) is 36.0 Å². The minimum Gasteiger partial charge on any atom is -0.368 e. The third-order valence-electron chi connectivity index (χ3n) is 5.35. The molecule has 2 saturated heterocycles. The molecule has 4 rings (SSSR count). The highest BCUT2D eigenvalue weighted by molar-refractivity contribution is 5.98. The summed E-state index contributed by atoms with van der Waals surface area (Å²) in [5.74, 6) is 0.0391. The van der Waals surface area contributed by atoms with Crippen LogP contribution in [0.2, 0.25) is 0 Å². The number of carbonyl (C=O) groups excluding carboxylic acids is 2. The largest absolute Gasteiger partial charge is 0.368 e. The molecule has 1 aromatic heterocycles. The number of nitrogens with one attached hydrogen (secondary N) is 1. The molecule has 26 heavy (non-hydrogen) atoms. The highest BCUT2D eigenvalue weighted by Crippen LogP contribution is 2.32. The van der Waals surface area contributed by atoms with Crippen LogP contribution in [0.25, 0.3) is 10.9 Å². The van der Waals surface area contributed by atoms with Crippen LogP contribution in [0.5, 0.6) is 0 Å². The predicted molar refractivity (Wildman–Crippen MR) is 98.0 cm³/mol. The average molecular weight is 356 g/mol. The monoisotopic (exact) mass is 356 g/mol. The van der Waals surface area contributed by atoms with E-state index in [0.29, 0.717) is 31.9 Å². The number of ether oxygens (including phenoxy) is 1. The second-order valence-corrected chi connectivity index (χ2v) is 7.59. The molecule has 0 bridgehead atoms. The van der Waals surface area contributed by atoms with Crippen LogP contribution in [0.3, 0.4) is 0 Å². The lowest BCUT2D eigenvalue weighted by Crippen LogP contribution is -2.73. The molecule has 138 valence electrons. The first-order valence-corrected chi connectivity index (χ1v) is 8.81. The number of aromatic amines is 1. The molecule has 3 heterocycles. The first kappa shape index (κ1) is 17.1. The van der Waals surface area contributed by atoms with Crippen LogP contribution < -0.4 is 0 Å². The van der Waals surface area contributed by atoms with Crippen LogP contribution in [-0.4, -0.2) is 90.5 Å². The van der Waals surface area contributed by atoms with Crippen LogP contribution >= 0.6 is 0 Å². The van der Waals surface area contributed by atoms with Crippen molar-refractivity contribution in [2.24, 2.45) is 0 Å². The fraction of sp³-hybridized carbons (Fsp3) is 0.474. The molecular formula is C19H24N4O3. The number of likely N-dealkylation sites (tertiary alicyclic amines) is 1. The normalized spacial score (nSPS) is 22.4. The Labute approximate surface area is 152 Å². The Bertz CT molecular complexity index is 820. The summed E-state index contributed by atoms with van der Waals surface area (Å²) in [4.78, 5) is 33.6. The van der Waals surface area contributed by atoms with Gasteiger partial charge in [-0.2, -0.15) is 0 Å². The van der Waals surface area contributed by atoms with Gasteiger partial charge in [0.15, 0.2) is 0 Å². The molecule has 2 aromatic rings. The molecule has 0 radical (unpaired) electrons. The lowest BCUT2D eigenvalue weighted by atomic mass is 9.90. The lowest BCUT2D eigenvalue weighted by molar-refractivity contribution is -0.190. The molecule has 7 nitrogen and oxygen atoms in total. The zero-order chi connectivity index (χ0) is 18.5. The van der Waals surface area contributed by atoms with E-state index in [0.717, 1.165) is 10.9 Å². The molecule has 1 N–H and O–H groups in total. The topological polar surface area (TPSA) is 68.9 Å². The van der Waals surface area contributed by atoms with E-state index in [2.05, 4.69) is 4.98 Å². The van der Waals surface area contributed by atoms with Gasteiger partial charge in [0, 0.05) is 31.5 Å². The minimum atomic E-state index is -0.362. The maximum Gasteiger partial charge on any atom is 0.270 e. The molecule has 0 saturated carbocycles. The van der Waals surface area contributed by atoms with Crippen LogP contribution in [-0.2, 0) is 9.53 Å². The van der Waals surface area contributed by atoms with E-state index in [4.69, 9.17) is 4.74 Å². The number of likely N-dealkylation sites (N-methyl/N-ethyl adjacent to an activating group) is 2. The molecule has 2 aliphatic heterocycles. The van der Waals surface area contributed by atoms with Crippen molar-refractivity contribution >= 4 is 22.7 Å². The summed E-state index contributed by atoms with van der Waals surface area (Å²) in [5.41, 5.74) is 1.20. The number of hydrogen-bond acceptors (Lipinski definition) is 4. The number of nitrogens with zero attached hydrogens (tertiary/aromatic N) is 3. The van der Waals surface area contributed by atoms with Crippen LogP contribution in [0.1, 0.15) is 10.5 Å². The smallest absolute Gasteiger partial charge is 0.270 e. The van der Waals surface area contributed by atoms with Crippen molar-refractivity contribution < 1.29 is 14.3 Å². The van der Waals surface area contributed by atoms with Crippen molar-refractivity contribution in [2.45, 2.75) is 11.6 Å². The van der Waals surface area contributed by atoms with E-state index in [1.54, 1.807) is 23.9 Å². The number of hydrogen-bond donors (Lipinski definition) is 1. The Kier molecular flexibility index (Phi) is 4.00. The number of rotatable bonds is 2. The van der Waals surface area contributed by atoms with Crippen molar-refractivity contribution in [3.63, 3.8) is 0 Å². The quantitative estimate of drug-likeness (QED) is 0.864. The Morgan fingerprint density at radius 3 is 2.62 bits per heavy atom. The summed E-state index contributed by atoms with van der Waals surface area (Å²) >= 11 is 0. The van der Waals surface area contributed by atoms with Crippen LogP contribution in [0, 0.1) is 0 Å². The van der Waals surface area contributed by atoms with Gasteiger partial charge in [-0.3, -0.25) is 14.5 Å². The summed E-state index contributed by atoms with van der Waals surface area (Å²) in [6, 6.07) is 9.49. The molecule has 2 fully saturated rings. The van der Waals surface area contributed by atoms with E-state index >= 15 is 0 Å². The van der Waals surface area contributed by atoms with Crippen molar-refractivity contribution in [2.75, 3.05) is 47.4 Å². The first-order chi connectivity index (χ1) is 12.4. The number of benzene rings is 1. The average Bonchev–Trinajstić information content (AvgIpc) is 3.02. The molecular weight excluding hydrogens is 332 g/mol. The van der Waals surface area contributed by atoms with Gasteiger partial charge in [-0.15, -0.1) is 0 Å². The predicted octanol–water partition coefficient (Wildman–Crippen LogP) is 0.781. The SMILES string of the molecule is CN(C)C(=O)[C@H]1COC2(CN(C(=O)c3cc4ccccc4[nH]3)C2)CN1C. The molecule has 1 spiro atoms. The van der Waals surface area contributed by atoms with Crippen LogP contribution in [0.15, 0.2) is 30.3 Å². The first-order valence-electron chi connectivity index (χ1n) is 8.81. The van der Waals surface area contributed by atoms with Gasteiger partial charge in [-0.25, -0.2) is 0 Å². The molecule has 1 atom stereocenters. The van der Waals surface area contributed by atoms with E-state index in [9.17, 15) is 9.59 Å². The highest BCUT2D eigenvalue weighted by atomic mass is 16.5. The van der Waals surface area contributed by atoms with Gasteiger partial charge in [-0.05, 0) is 19.2 Å². The summed E-state index contributed by atoms with van der Waals surface area (Å²) in [6.45, 7) is 2.11. The Hall–Kier alpha value is -2.38. The second kappa shape index (κ2) is 6.10. The van der Waals surface area contributed by atoms with E-state index in [-0.39, 0.29) is 23.5 Å². The highest BCUT2D eigenvalue weighted by Gasteiger charge is 2.51. The van der Waals surface area contributed by atoms with E-state index < -0.39 is 0 Å². The number of aromatic nitrogens is 1. The molecule has 7 heteroatoms. The number of para-hydroxylation sites is 1. The van der Waals surface area contributed by atoms with Crippen LogP contribution in [0.4, 0.5) is 0 Å². The third kappa shape index (κ3) is 2.77. The van der Waals surface area contributed by atoms with E-state index in [1.807, 2.05) is 42.3 Å². The van der Waals surface area contributed by atoms with Crippen molar-refractivity contribution in [1.29, 1.82) is 0 Å². The maximum absolute atomic E-state index is 12.7. The zero-order valence-electron chi connectivity index (χ0n) is 15.4. The van der Waals surface area contributed by atoms with Crippen molar-refractivity contribution in [3.8, 4) is 0 Å². The zero-order valence-corrected chi connectivity index (χ0v) is 15.4. The van der Waals surface area contributed by atoms with Gasteiger partial charge in [-0.1, -0.05) is 18.2 Å². The number of morpholine rings is 1. The number of amides is 2. The van der Waals surface area contributed by atoms with Gasteiger partial charge in [0.05, 0.1) is 19.7 Å². The Morgan fingerprint density at radius 2 is 1.96 bits per heavy atom. The molecule has 0 aliphatic carbocycles. The van der Waals surface area contributed by atoms with Gasteiger partial charge in [0.25, 0.3) is 5.91 Å². The summed E-state index contributed by atoms with van der Waals surface area (Å²) < 4.78 is 6.04. The molecule has 0 unspecified atom stereocenters. The number of carbonyl (C=O) groups is 2. The summed E-state index contributed by atoms with van der Waals surface area (Å²) in [7, 11) is 5.45. The van der Waals surface area contributed by atoms with Gasteiger partial charge in [0.2, 0.25) is 5.91 Å². The minimum absolute atomic E-state index is 0.00966. The fourth-order valence-electron chi connectivity index (χ4n) is 3.89. The molecule has 1 aromatic carbocycles. The lowest BCUT2D eigenvalue weighted by Gasteiger charge is -2.54. The summed E-state index contributed by atoms with van der Waals surface area (Å²) in [5, 5.41) is 1.03. The molecule has 2 aliphatic rings. The molecule has 2 amide bonds. The fourth-order valence-corrected chi connectivity index (χ4v) is 3.89. The number of H-pyrrole nitrogens is 1. The Balaban J connectivity index is 1.40. The summed E-state index contributed by atoms with van der Waals surface area (Å²) in [6.07, 6.45) is 0. The second-order valence-electron chi connectivity index (χ2n) is 7.59. The standard InChI is InChI=1S/C19H24N4O3/c1-21(2)18(25)16-9-26-19(10-22(16)3)11-23(12-19)17(24)15-8-13-6-4-5-7-14(13)20-15/h4-8,16,20H,9-12H2,1-3H3/t16-/m1/s1. The van der Waals surface area contributed by atoms with Gasteiger partial charge < -0.3 is 19.5 Å². The number of fused-ring (bicyclic) bond motifs is 1.